The van der Waals surface area contributed by atoms with Gasteiger partial charge < -0.3 is 4.74 Å². The first-order chi connectivity index (χ1) is 13.5. The Labute approximate surface area is 170 Å². The Morgan fingerprint density at radius 2 is 1.79 bits per heavy atom. The maximum absolute atomic E-state index is 13.1. The van der Waals surface area contributed by atoms with Crippen molar-refractivity contribution in [3.05, 3.63) is 46.5 Å². The number of ether oxygens (including phenoxy) is 1. The molecule has 1 N–H and O–H groups in total. The van der Waals surface area contributed by atoms with Crippen molar-refractivity contribution in [1.29, 1.82) is 0 Å². The highest BCUT2D eigenvalue weighted by atomic mass is 32.2. The molecule has 13 heteroatoms. The Balaban J connectivity index is 2.15. The number of nitro benzene ring substituents is 1. The summed E-state index contributed by atoms with van der Waals surface area (Å²) in [4.78, 5) is 13.9. The predicted octanol–water partition coefficient (Wildman–Crippen LogP) is 2.81. The van der Waals surface area contributed by atoms with Gasteiger partial charge in [0, 0.05) is 24.1 Å². The quantitative estimate of drug-likeness (QED) is 0.421. The van der Waals surface area contributed by atoms with Crippen LogP contribution in [0.2, 0.25) is 0 Å². The van der Waals surface area contributed by atoms with E-state index in [1.54, 1.807) is 6.92 Å². The Hall–Kier alpha value is -2.77. The monoisotopic (exact) mass is 457 g/mol. The van der Waals surface area contributed by atoms with Crippen molar-refractivity contribution < 1.29 is 26.5 Å². The number of fused-ring (bicyclic) bond motifs is 1. The molecule has 0 aliphatic rings. The molecule has 0 atom stereocenters. The predicted molar refractivity (Wildman–Crippen MR) is 108 cm³/mol. The molecule has 0 amide bonds. The molecule has 0 radical (unpaired) electrons. The van der Waals surface area contributed by atoms with Crippen LogP contribution >= 0.6 is 11.3 Å². The lowest BCUT2D eigenvalue weighted by Crippen LogP contribution is -2.15. The van der Waals surface area contributed by atoms with Crippen LogP contribution in [-0.2, 0) is 19.9 Å². The van der Waals surface area contributed by atoms with Crippen LogP contribution in [0.4, 0.5) is 11.4 Å². The zero-order valence-corrected chi connectivity index (χ0v) is 17.6. The Bertz CT molecular complexity index is 1300. The third kappa shape index (κ3) is 4.31. The van der Waals surface area contributed by atoms with E-state index in [4.69, 9.17) is 4.74 Å². The molecule has 2 aromatic carbocycles. The minimum atomic E-state index is -4.25. The van der Waals surface area contributed by atoms with Gasteiger partial charge in [0.05, 0.1) is 16.2 Å². The molecule has 0 saturated carbocycles. The summed E-state index contributed by atoms with van der Waals surface area (Å²) >= 11 is 0.851. The number of sulfonamides is 1. The van der Waals surface area contributed by atoms with Gasteiger partial charge in [-0.05, 0) is 31.2 Å². The van der Waals surface area contributed by atoms with Crippen LogP contribution in [0.25, 0.3) is 10.2 Å². The molecular formula is C16H15N3O7S3. The van der Waals surface area contributed by atoms with Gasteiger partial charge in [0.25, 0.3) is 15.7 Å². The number of anilines is 1. The number of nitrogens with one attached hydrogen (secondary N) is 1. The molecule has 0 spiro atoms. The molecule has 3 aromatic rings. The maximum atomic E-state index is 13.1. The van der Waals surface area contributed by atoms with Gasteiger partial charge in [-0.15, -0.1) is 11.3 Å². The van der Waals surface area contributed by atoms with Crippen molar-refractivity contribution >= 4 is 52.8 Å². The number of hydrogen-bond acceptors (Lipinski definition) is 9. The molecule has 1 aromatic heterocycles. The first kappa shape index (κ1) is 21.0. The van der Waals surface area contributed by atoms with Gasteiger partial charge >= 0.3 is 0 Å². The summed E-state index contributed by atoms with van der Waals surface area (Å²) < 4.78 is 57.7. The van der Waals surface area contributed by atoms with Crippen molar-refractivity contribution in [2.24, 2.45) is 0 Å². The second-order valence-electron chi connectivity index (χ2n) is 5.83. The summed E-state index contributed by atoms with van der Waals surface area (Å²) in [5.41, 5.74) is -0.133. The highest BCUT2D eigenvalue weighted by Crippen LogP contribution is 2.37. The molecular weight excluding hydrogens is 442 g/mol. The number of aromatic nitrogens is 1. The first-order valence-electron chi connectivity index (χ1n) is 8.06. The number of nitro groups is 1. The van der Waals surface area contributed by atoms with Gasteiger partial charge in [0.15, 0.2) is 4.90 Å². The van der Waals surface area contributed by atoms with Crippen LogP contribution in [0, 0.1) is 10.1 Å². The Morgan fingerprint density at radius 1 is 1.14 bits per heavy atom. The van der Waals surface area contributed by atoms with Crippen molar-refractivity contribution in [3.63, 3.8) is 0 Å². The zero-order chi connectivity index (χ0) is 21.4. The average molecular weight is 458 g/mol. The number of nitrogens with zero attached hydrogens (tertiary/aromatic N) is 2. The van der Waals surface area contributed by atoms with E-state index in [1.165, 1.54) is 24.3 Å². The fourth-order valence-corrected chi connectivity index (χ4v) is 5.73. The molecule has 29 heavy (non-hydrogen) atoms. The molecule has 0 fully saturated rings. The fourth-order valence-electron chi connectivity index (χ4n) is 2.48. The third-order valence-electron chi connectivity index (χ3n) is 3.67. The summed E-state index contributed by atoms with van der Waals surface area (Å²) in [6, 6.07) is 7.79. The van der Waals surface area contributed by atoms with Crippen molar-refractivity contribution in [3.8, 4) is 5.75 Å². The van der Waals surface area contributed by atoms with E-state index in [0.717, 1.165) is 29.7 Å². The molecule has 10 nitrogen and oxygen atoms in total. The van der Waals surface area contributed by atoms with E-state index in [9.17, 15) is 26.9 Å². The first-order valence-corrected chi connectivity index (χ1v) is 12.3. The van der Waals surface area contributed by atoms with Crippen LogP contribution in [0.1, 0.15) is 6.92 Å². The van der Waals surface area contributed by atoms with Gasteiger partial charge in [0.2, 0.25) is 14.2 Å². The van der Waals surface area contributed by atoms with Gasteiger partial charge in [0.1, 0.15) is 11.3 Å². The van der Waals surface area contributed by atoms with Crippen molar-refractivity contribution in [2.45, 2.75) is 16.2 Å². The van der Waals surface area contributed by atoms with E-state index in [0.29, 0.717) is 4.70 Å². The van der Waals surface area contributed by atoms with Crippen LogP contribution in [0.5, 0.6) is 5.75 Å². The minimum Gasteiger partial charge on any atom is -0.492 e. The molecule has 0 bridgehead atoms. The topological polar surface area (TPSA) is 146 Å². The van der Waals surface area contributed by atoms with E-state index in [2.05, 4.69) is 9.71 Å². The molecule has 154 valence electrons. The van der Waals surface area contributed by atoms with Crippen LogP contribution in [0.15, 0.2) is 45.6 Å². The molecule has 0 aliphatic heterocycles. The molecule has 0 unspecified atom stereocenters. The van der Waals surface area contributed by atoms with E-state index >= 15 is 0 Å². The molecule has 0 aliphatic carbocycles. The van der Waals surface area contributed by atoms with Gasteiger partial charge in [-0.25, -0.2) is 21.8 Å². The van der Waals surface area contributed by atoms with E-state index < -0.39 is 24.8 Å². The summed E-state index contributed by atoms with van der Waals surface area (Å²) in [6.07, 6.45) is 0.984. The third-order valence-corrected chi connectivity index (χ3v) is 7.81. The Morgan fingerprint density at radius 3 is 2.34 bits per heavy atom. The van der Waals surface area contributed by atoms with Crippen LogP contribution in [0.3, 0.4) is 0 Å². The van der Waals surface area contributed by atoms with Crippen LogP contribution < -0.4 is 9.46 Å². The summed E-state index contributed by atoms with van der Waals surface area (Å²) in [5, 5.41) is 10.8. The second-order valence-corrected chi connectivity index (χ2v) is 10.7. The highest BCUT2D eigenvalue weighted by molar-refractivity contribution is 7.93. The normalized spacial score (nSPS) is 12.1. The minimum absolute atomic E-state index is 0.0137. The smallest absolute Gasteiger partial charge is 0.269 e. The number of benzene rings is 2. The van der Waals surface area contributed by atoms with Crippen molar-refractivity contribution in [1.82, 2.24) is 4.98 Å². The average Bonchev–Trinajstić information content (AvgIpc) is 3.06. The van der Waals surface area contributed by atoms with E-state index in [-0.39, 0.29) is 38.5 Å². The largest absolute Gasteiger partial charge is 0.492 e. The maximum Gasteiger partial charge on any atom is 0.269 e. The van der Waals surface area contributed by atoms with Crippen molar-refractivity contribution in [2.75, 3.05) is 17.6 Å². The van der Waals surface area contributed by atoms with Crippen LogP contribution in [-0.4, -0.2) is 39.6 Å². The summed E-state index contributed by atoms with van der Waals surface area (Å²) in [5.74, 6) is 0.0137. The molecule has 1 heterocycles. The zero-order valence-electron chi connectivity index (χ0n) is 15.1. The number of sulfone groups is 1. The standard InChI is InChI=1S/C16H15N3O7S3/c1-3-26-12-8-9-13-14(17-16(27-13)28(2,22)23)15(12)29(24,25)18-10-4-6-11(7-5-10)19(20)21/h4-9,18H,3H2,1-2H3. The lowest BCUT2D eigenvalue weighted by molar-refractivity contribution is -0.384. The van der Waals surface area contributed by atoms with Gasteiger partial charge in [-0.3, -0.25) is 14.8 Å². The van der Waals surface area contributed by atoms with Gasteiger partial charge in [-0.2, -0.15) is 0 Å². The number of rotatable bonds is 7. The second kappa shape index (κ2) is 7.57. The fraction of sp³-hybridized carbons (Fsp3) is 0.188. The Kier molecular flexibility index (Phi) is 5.47. The SMILES string of the molecule is CCOc1ccc2sc(S(C)(=O)=O)nc2c1S(=O)(=O)Nc1ccc([N+](=O)[O-])cc1. The lowest BCUT2D eigenvalue weighted by atomic mass is 10.3. The summed E-state index contributed by atoms with van der Waals surface area (Å²) in [6.45, 7) is 1.85. The molecule has 3 rings (SSSR count). The van der Waals surface area contributed by atoms with Gasteiger partial charge in [-0.1, -0.05) is 0 Å². The summed E-state index contributed by atoms with van der Waals surface area (Å²) in [7, 11) is -7.89. The highest BCUT2D eigenvalue weighted by Gasteiger charge is 2.27. The number of non-ortho nitro benzene ring substituents is 1. The van der Waals surface area contributed by atoms with E-state index in [1.807, 2.05) is 0 Å². The number of hydrogen-bond donors (Lipinski definition) is 1. The lowest BCUT2D eigenvalue weighted by Gasteiger charge is -2.13. The molecule has 0 saturated heterocycles. The number of thiazole rings is 1.